The lowest BCUT2D eigenvalue weighted by molar-refractivity contribution is -0.142. The minimum absolute atomic E-state index is 0.0977. The Balaban J connectivity index is 5.37. The summed E-state index contributed by atoms with van der Waals surface area (Å²) in [4.78, 5) is 53.6. The number of aliphatic imine (C=N–C) groups is 1. The zero-order valence-corrected chi connectivity index (χ0v) is 21.8. The average molecular weight is 537 g/mol. The lowest BCUT2D eigenvalue weighted by Crippen LogP contribution is -2.57. The van der Waals surface area contributed by atoms with Crippen LogP contribution in [-0.2, 0) is 19.2 Å². The van der Waals surface area contributed by atoms with E-state index in [0.717, 1.165) is 0 Å². The Bertz CT molecular complexity index is 709. The highest BCUT2D eigenvalue weighted by Crippen LogP contribution is 2.07. The Labute approximate surface area is 215 Å². The van der Waals surface area contributed by atoms with Crippen molar-refractivity contribution < 1.29 is 24.3 Å². The molecule has 0 aliphatic carbocycles. The van der Waals surface area contributed by atoms with E-state index >= 15 is 0 Å². The summed E-state index contributed by atoms with van der Waals surface area (Å²) in [7, 11) is 0. The van der Waals surface area contributed by atoms with Crippen LogP contribution >= 0.6 is 24.4 Å². The van der Waals surface area contributed by atoms with Gasteiger partial charge in [0.15, 0.2) is 5.96 Å². The number of thiol groups is 1. The normalized spacial score (nSPS) is 14.2. The van der Waals surface area contributed by atoms with Crippen LogP contribution in [0.4, 0.5) is 0 Å². The van der Waals surface area contributed by atoms with Crippen molar-refractivity contribution in [2.45, 2.75) is 62.7 Å². The first-order valence-electron chi connectivity index (χ1n) is 11.3. The fourth-order valence-electron chi connectivity index (χ4n) is 2.93. The zero-order chi connectivity index (χ0) is 26.8. The highest BCUT2D eigenvalue weighted by Gasteiger charge is 2.29. The first-order chi connectivity index (χ1) is 16.6. The number of guanidine groups is 1. The summed E-state index contributed by atoms with van der Waals surface area (Å²) >= 11 is 5.47. The summed E-state index contributed by atoms with van der Waals surface area (Å²) in [6.07, 6.45) is 4.05. The quantitative estimate of drug-likeness (QED) is 0.0370. The van der Waals surface area contributed by atoms with Gasteiger partial charge >= 0.3 is 5.97 Å². The maximum absolute atomic E-state index is 13.0. The van der Waals surface area contributed by atoms with Gasteiger partial charge in [-0.25, -0.2) is 4.79 Å². The van der Waals surface area contributed by atoms with Gasteiger partial charge in [0.25, 0.3) is 0 Å². The Kier molecular flexibility index (Phi) is 17.8. The molecule has 4 atom stereocenters. The molecule has 0 aromatic rings. The predicted molar refractivity (Wildman–Crippen MR) is 141 cm³/mol. The molecule has 0 heterocycles. The molecule has 0 radical (unpaired) electrons. The molecule has 35 heavy (non-hydrogen) atoms. The number of carbonyl (C=O) groups is 4. The molecule has 202 valence electrons. The van der Waals surface area contributed by atoms with Gasteiger partial charge in [-0.05, 0) is 57.1 Å². The molecule has 4 unspecified atom stereocenters. The summed E-state index contributed by atoms with van der Waals surface area (Å²) in [6, 6.07) is -4.01. The SMILES string of the molecule is CSCCC(NC(=O)C(CCCCN)NC(=O)C(N)CS)C(=O)NC(CCCN=C(N)N)C(=O)O. The van der Waals surface area contributed by atoms with Gasteiger partial charge in [-0.2, -0.15) is 24.4 Å². The largest absolute Gasteiger partial charge is 0.480 e. The fraction of sp³-hybridized carbons (Fsp3) is 0.750. The highest BCUT2D eigenvalue weighted by atomic mass is 32.2. The molecule has 0 rings (SSSR count). The molecule has 15 heteroatoms. The number of nitrogens with zero attached hydrogens (tertiary/aromatic N) is 1. The molecule has 12 N–H and O–H groups in total. The number of hydrogen-bond donors (Lipinski definition) is 9. The number of amides is 3. The second-order valence-corrected chi connectivity index (χ2v) is 9.18. The van der Waals surface area contributed by atoms with Gasteiger partial charge in [0.05, 0.1) is 6.04 Å². The van der Waals surface area contributed by atoms with Gasteiger partial charge in [0.2, 0.25) is 17.7 Å². The zero-order valence-electron chi connectivity index (χ0n) is 20.1. The Hall–Kier alpha value is -2.23. The van der Waals surface area contributed by atoms with E-state index in [9.17, 15) is 24.3 Å². The van der Waals surface area contributed by atoms with Crippen LogP contribution in [0.1, 0.15) is 38.5 Å². The third-order valence-corrected chi connectivity index (χ3v) is 5.95. The number of thioether (sulfide) groups is 1. The standard InChI is InChI=1S/C20H40N8O5S2/c1-35-10-7-14(18(31)28-15(19(32)33)6-4-9-25-20(23)24)27-17(30)13(5-2-3-8-21)26-16(29)12(22)11-34/h12-15,34H,2-11,21-22H2,1H3,(H,26,29)(H,27,30)(H,28,31)(H,32,33)(H4,23,24,25). The topological polar surface area (TPSA) is 241 Å². The van der Waals surface area contributed by atoms with Gasteiger partial charge in [-0.1, -0.05) is 0 Å². The molecule has 0 aliphatic heterocycles. The lowest BCUT2D eigenvalue weighted by Gasteiger charge is -2.25. The second-order valence-electron chi connectivity index (χ2n) is 7.83. The molecule has 0 aromatic carbocycles. The van der Waals surface area contributed by atoms with Gasteiger partial charge < -0.3 is 44.0 Å². The Morgan fingerprint density at radius 3 is 1.97 bits per heavy atom. The summed E-state index contributed by atoms with van der Waals surface area (Å²) in [5.41, 5.74) is 21.7. The number of carbonyl (C=O) groups excluding carboxylic acids is 3. The number of hydrogen-bond acceptors (Lipinski definition) is 9. The molecular formula is C20H40N8O5S2. The van der Waals surface area contributed by atoms with E-state index < -0.39 is 47.9 Å². The van der Waals surface area contributed by atoms with Crippen LogP contribution in [0.15, 0.2) is 4.99 Å². The van der Waals surface area contributed by atoms with Crippen LogP contribution in [0.25, 0.3) is 0 Å². The van der Waals surface area contributed by atoms with Crippen molar-refractivity contribution in [1.29, 1.82) is 0 Å². The molecule has 0 bridgehead atoms. The van der Waals surface area contributed by atoms with Gasteiger partial charge in [-0.15, -0.1) is 0 Å². The minimum atomic E-state index is -1.22. The van der Waals surface area contributed by atoms with Crippen molar-refractivity contribution in [1.82, 2.24) is 16.0 Å². The minimum Gasteiger partial charge on any atom is -0.480 e. The van der Waals surface area contributed by atoms with E-state index in [2.05, 4.69) is 33.6 Å². The summed E-state index contributed by atoms with van der Waals surface area (Å²) in [5, 5.41) is 17.2. The molecule has 0 fully saturated rings. The summed E-state index contributed by atoms with van der Waals surface area (Å²) < 4.78 is 0. The first kappa shape index (κ1) is 32.8. The lowest BCUT2D eigenvalue weighted by atomic mass is 10.1. The van der Waals surface area contributed by atoms with E-state index in [-0.39, 0.29) is 31.1 Å². The Morgan fingerprint density at radius 2 is 1.46 bits per heavy atom. The third-order valence-electron chi connectivity index (χ3n) is 4.92. The molecule has 0 saturated carbocycles. The van der Waals surface area contributed by atoms with Crippen molar-refractivity contribution in [3.63, 3.8) is 0 Å². The fourth-order valence-corrected chi connectivity index (χ4v) is 3.57. The van der Waals surface area contributed by atoms with Crippen molar-refractivity contribution >= 4 is 54.0 Å². The number of rotatable bonds is 19. The second kappa shape index (κ2) is 19.0. The smallest absolute Gasteiger partial charge is 0.326 e. The monoisotopic (exact) mass is 536 g/mol. The van der Waals surface area contributed by atoms with Crippen LogP contribution in [0.5, 0.6) is 0 Å². The number of carboxylic acids is 1. The van der Waals surface area contributed by atoms with Gasteiger partial charge in [0, 0.05) is 12.3 Å². The Morgan fingerprint density at radius 1 is 0.914 bits per heavy atom. The highest BCUT2D eigenvalue weighted by molar-refractivity contribution is 7.98. The van der Waals surface area contributed by atoms with E-state index in [1.807, 2.05) is 6.26 Å². The van der Waals surface area contributed by atoms with Gasteiger partial charge in [-0.3, -0.25) is 19.4 Å². The van der Waals surface area contributed by atoms with Crippen LogP contribution in [0.2, 0.25) is 0 Å². The maximum atomic E-state index is 13.0. The molecule has 0 saturated heterocycles. The first-order valence-corrected chi connectivity index (χ1v) is 13.3. The van der Waals surface area contributed by atoms with Crippen LogP contribution in [-0.4, -0.2) is 89.8 Å². The van der Waals surface area contributed by atoms with Crippen molar-refractivity contribution in [3.8, 4) is 0 Å². The third kappa shape index (κ3) is 14.7. The van der Waals surface area contributed by atoms with E-state index in [0.29, 0.717) is 38.0 Å². The van der Waals surface area contributed by atoms with E-state index in [4.69, 9.17) is 22.9 Å². The number of nitrogens with one attached hydrogen (secondary N) is 3. The number of aliphatic carboxylic acids is 1. The summed E-state index contributed by atoms with van der Waals surface area (Å²) in [6.45, 7) is 0.643. The number of carboxylic acid groups (broad SMARTS) is 1. The maximum Gasteiger partial charge on any atom is 0.326 e. The number of unbranched alkanes of at least 4 members (excludes halogenated alkanes) is 1. The average Bonchev–Trinajstić information content (AvgIpc) is 2.81. The molecule has 13 nitrogen and oxygen atoms in total. The molecule has 3 amide bonds. The van der Waals surface area contributed by atoms with E-state index in [1.54, 1.807) is 0 Å². The van der Waals surface area contributed by atoms with E-state index in [1.165, 1.54) is 11.8 Å². The van der Waals surface area contributed by atoms with Crippen LogP contribution < -0.4 is 38.9 Å². The predicted octanol–water partition coefficient (Wildman–Crippen LogP) is -2.28. The molecule has 0 aliphatic rings. The number of nitrogens with two attached hydrogens (primary N) is 4. The van der Waals surface area contributed by atoms with Crippen LogP contribution in [0.3, 0.4) is 0 Å². The molecule has 0 aromatic heterocycles. The molecule has 0 spiro atoms. The van der Waals surface area contributed by atoms with Crippen molar-refractivity contribution in [2.24, 2.45) is 27.9 Å². The summed E-state index contributed by atoms with van der Waals surface area (Å²) in [5.74, 6) is -2.43. The molecular weight excluding hydrogens is 496 g/mol. The van der Waals surface area contributed by atoms with Crippen molar-refractivity contribution in [2.75, 3.05) is 30.9 Å². The van der Waals surface area contributed by atoms with Crippen molar-refractivity contribution in [3.05, 3.63) is 0 Å². The van der Waals surface area contributed by atoms with Crippen LogP contribution in [0, 0.1) is 0 Å². The van der Waals surface area contributed by atoms with Gasteiger partial charge in [0.1, 0.15) is 18.1 Å².